The second kappa shape index (κ2) is 4.30. The number of aromatic nitrogens is 1. The van der Waals surface area contributed by atoms with E-state index in [1.807, 2.05) is 13.8 Å². The Kier molecular flexibility index (Phi) is 2.71. The first-order valence-corrected chi connectivity index (χ1v) is 6.31. The van der Waals surface area contributed by atoms with E-state index in [0.29, 0.717) is 23.0 Å². The van der Waals surface area contributed by atoms with E-state index < -0.39 is 11.6 Å². The highest BCUT2D eigenvalue weighted by Gasteiger charge is 2.37. The summed E-state index contributed by atoms with van der Waals surface area (Å²) in [5.74, 6) is -0.0354. The van der Waals surface area contributed by atoms with Crippen LogP contribution in [0.5, 0.6) is 5.75 Å². The molecule has 0 aliphatic heterocycles. The van der Waals surface area contributed by atoms with Crippen LogP contribution in [0.2, 0.25) is 0 Å². The van der Waals surface area contributed by atoms with Crippen LogP contribution in [0.3, 0.4) is 0 Å². The number of ketones is 2. The number of carbonyl (C=O) groups is 2. The molecule has 5 nitrogen and oxygen atoms in total. The van der Waals surface area contributed by atoms with Gasteiger partial charge in [0, 0.05) is 11.5 Å². The predicted octanol–water partition coefficient (Wildman–Crippen LogP) is 2.85. The van der Waals surface area contributed by atoms with Crippen molar-refractivity contribution in [3.63, 3.8) is 0 Å². The number of Topliss-reactive ketones (excluding diaryl/α,β-unsaturated/α-hetero) is 2. The lowest BCUT2D eigenvalue weighted by Gasteiger charge is -2.14. The van der Waals surface area contributed by atoms with Crippen molar-refractivity contribution in [3.05, 3.63) is 35.3 Å². The van der Waals surface area contributed by atoms with Gasteiger partial charge in [0.1, 0.15) is 5.75 Å². The van der Waals surface area contributed by atoms with Crippen LogP contribution in [0.1, 0.15) is 46.5 Å². The molecule has 102 valence electrons. The van der Waals surface area contributed by atoms with Gasteiger partial charge in [-0.3, -0.25) is 9.59 Å². The number of methoxy groups -OCH3 is 1. The SMILES string of the molecule is COc1cccc2c1C(=O)C(=O)c1nc(C(C)C)oc1-2. The average Bonchev–Trinajstić information content (AvgIpc) is 2.89. The fourth-order valence-corrected chi connectivity index (χ4v) is 2.27. The Labute approximate surface area is 115 Å². The number of hydrogen-bond acceptors (Lipinski definition) is 5. The van der Waals surface area contributed by atoms with Crippen molar-refractivity contribution in [2.24, 2.45) is 0 Å². The van der Waals surface area contributed by atoms with E-state index >= 15 is 0 Å². The van der Waals surface area contributed by atoms with Gasteiger partial charge in [0.15, 0.2) is 17.3 Å². The summed E-state index contributed by atoms with van der Waals surface area (Å²) in [4.78, 5) is 28.5. The Hall–Kier alpha value is -2.43. The van der Waals surface area contributed by atoms with Crippen molar-refractivity contribution >= 4 is 11.6 Å². The number of rotatable bonds is 2. The van der Waals surface area contributed by atoms with E-state index in [2.05, 4.69) is 4.98 Å². The van der Waals surface area contributed by atoms with E-state index in [9.17, 15) is 9.59 Å². The number of oxazole rings is 1. The summed E-state index contributed by atoms with van der Waals surface area (Å²) in [5, 5.41) is 0. The third-order valence-corrected chi connectivity index (χ3v) is 3.28. The Balaban J connectivity index is 2.32. The van der Waals surface area contributed by atoms with Crippen molar-refractivity contribution in [1.82, 2.24) is 4.98 Å². The molecule has 1 aromatic carbocycles. The minimum atomic E-state index is -0.646. The van der Waals surface area contributed by atoms with Crippen molar-refractivity contribution in [2.75, 3.05) is 7.11 Å². The molecule has 3 rings (SSSR count). The lowest BCUT2D eigenvalue weighted by atomic mass is 9.90. The van der Waals surface area contributed by atoms with Gasteiger partial charge >= 0.3 is 0 Å². The quantitative estimate of drug-likeness (QED) is 0.785. The molecule has 0 bridgehead atoms. The molecule has 0 unspecified atom stereocenters. The molecule has 0 saturated heterocycles. The van der Waals surface area contributed by atoms with Crippen LogP contribution in [-0.2, 0) is 0 Å². The highest BCUT2D eigenvalue weighted by atomic mass is 16.5. The molecule has 1 aliphatic rings. The minimum Gasteiger partial charge on any atom is -0.496 e. The van der Waals surface area contributed by atoms with Crippen LogP contribution in [0.25, 0.3) is 11.3 Å². The van der Waals surface area contributed by atoms with Crippen molar-refractivity contribution in [1.29, 1.82) is 0 Å². The molecular formula is C15H13NO4. The summed E-state index contributed by atoms with van der Waals surface area (Å²) in [7, 11) is 1.46. The molecule has 0 atom stereocenters. The van der Waals surface area contributed by atoms with Crippen LogP contribution in [0, 0.1) is 0 Å². The number of nitrogens with zero attached hydrogens (tertiary/aromatic N) is 1. The lowest BCUT2D eigenvalue weighted by Crippen LogP contribution is -2.21. The molecule has 1 aliphatic carbocycles. The third-order valence-electron chi connectivity index (χ3n) is 3.28. The lowest BCUT2D eigenvalue weighted by molar-refractivity contribution is 0.0810. The number of fused-ring (bicyclic) bond motifs is 3. The summed E-state index contributed by atoms with van der Waals surface area (Å²) in [6.45, 7) is 3.83. The minimum absolute atomic E-state index is 0.0394. The monoisotopic (exact) mass is 271 g/mol. The first-order valence-electron chi connectivity index (χ1n) is 6.31. The number of benzene rings is 1. The van der Waals surface area contributed by atoms with Crippen LogP contribution in [0.4, 0.5) is 0 Å². The smallest absolute Gasteiger partial charge is 0.255 e. The predicted molar refractivity (Wildman–Crippen MR) is 71.2 cm³/mol. The van der Waals surface area contributed by atoms with Gasteiger partial charge in [0.05, 0.1) is 12.7 Å². The zero-order chi connectivity index (χ0) is 14.4. The molecule has 0 amide bonds. The van der Waals surface area contributed by atoms with Crippen LogP contribution in [0.15, 0.2) is 22.6 Å². The second-order valence-corrected chi connectivity index (χ2v) is 4.93. The van der Waals surface area contributed by atoms with Gasteiger partial charge in [-0.15, -0.1) is 0 Å². The maximum Gasteiger partial charge on any atom is 0.255 e. The van der Waals surface area contributed by atoms with Gasteiger partial charge < -0.3 is 9.15 Å². The highest BCUT2D eigenvalue weighted by molar-refractivity contribution is 6.52. The largest absolute Gasteiger partial charge is 0.496 e. The number of carbonyl (C=O) groups excluding carboxylic acids is 2. The molecular weight excluding hydrogens is 258 g/mol. The molecule has 2 aromatic rings. The molecule has 20 heavy (non-hydrogen) atoms. The van der Waals surface area contributed by atoms with Gasteiger partial charge in [0.25, 0.3) is 5.78 Å². The molecule has 0 fully saturated rings. The third kappa shape index (κ3) is 1.59. The summed E-state index contributed by atoms with van der Waals surface area (Å²) in [6, 6.07) is 5.13. The maximum absolute atomic E-state index is 12.2. The van der Waals surface area contributed by atoms with E-state index in [0.717, 1.165) is 0 Å². The molecule has 1 heterocycles. The van der Waals surface area contributed by atoms with Gasteiger partial charge in [0.2, 0.25) is 5.78 Å². The van der Waals surface area contributed by atoms with E-state index in [1.54, 1.807) is 18.2 Å². The van der Waals surface area contributed by atoms with E-state index in [1.165, 1.54) is 7.11 Å². The summed E-state index contributed by atoms with van der Waals surface area (Å²) in [6.07, 6.45) is 0. The van der Waals surface area contributed by atoms with Gasteiger partial charge in [-0.05, 0) is 6.07 Å². The number of ether oxygens (including phenoxy) is 1. The summed E-state index contributed by atoms with van der Waals surface area (Å²) < 4.78 is 10.8. The van der Waals surface area contributed by atoms with Crippen molar-refractivity contribution < 1.29 is 18.7 Å². The maximum atomic E-state index is 12.2. The normalized spacial score (nSPS) is 13.4. The summed E-state index contributed by atoms with van der Waals surface area (Å²) in [5.41, 5.74) is 0.904. The number of hydrogen-bond donors (Lipinski definition) is 0. The van der Waals surface area contributed by atoms with Gasteiger partial charge in [-0.2, -0.15) is 0 Å². The zero-order valence-electron chi connectivity index (χ0n) is 11.4. The van der Waals surface area contributed by atoms with Gasteiger partial charge in [-0.1, -0.05) is 26.0 Å². The highest BCUT2D eigenvalue weighted by Crippen LogP contribution is 2.39. The molecule has 0 radical (unpaired) electrons. The standard InChI is InChI=1S/C15H13NO4/c1-7(2)15-16-11-13(18)12(17)10-8(14(11)20-15)5-4-6-9(10)19-3/h4-7H,1-3H3. The van der Waals surface area contributed by atoms with Crippen LogP contribution in [-0.4, -0.2) is 23.7 Å². The molecule has 5 heteroatoms. The van der Waals surface area contributed by atoms with Gasteiger partial charge in [-0.25, -0.2) is 4.98 Å². The van der Waals surface area contributed by atoms with Crippen LogP contribution >= 0.6 is 0 Å². The molecule has 1 aromatic heterocycles. The van der Waals surface area contributed by atoms with Crippen LogP contribution < -0.4 is 4.74 Å². The topological polar surface area (TPSA) is 69.4 Å². The Bertz CT molecular complexity index is 727. The molecule has 0 spiro atoms. The van der Waals surface area contributed by atoms with E-state index in [-0.39, 0.29) is 17.2 Å². The molecule has 0 saturated carbocycles. The Morgan fingerprint density at radius 2 is 1.95 bits per heavy atom. The first-order chi connectivity index (χ1) is 9.54. The Morgan fingerprint density at radius 3 is 2.60 bits per heavy atom. The van der Waals surface area contributed by atoms with Crippen molar-refractivity contribution in [3.8, 4) is 17.1 Å². The average molecular weight is 271 g/mol. The second-order valence-electron chi connectivity index (χ2n) is 4.93. The fraction of sp³-hybridized carbons (Fsp3) is 0.267. The fourth-order valence-electron chi connectivity index (χ4n) is 2.27. The van der Waals surface area contributed by atoms with Crippen molar-refractivity contribution in [2.45, 2.75) is 19.8 Å². The van der Waals surface area contributed by atoms with E-state index in [4.69, 9.17) is 9.15 Å². The zero-order valence-corrected chi connectivity index (χ0v) is 11.4. The molecule has 0 N–H and O–H groups in total. The Morgan fingerprint density at radius 1 is 1.20 bits per heavy atom. The first kappa shape index (κ1) is 12.6. The summed E-state index contributed by atoms with van der Waals surface area (Å²) >= 11 is 0.